The quantitative estimate of drug-likeness (QED) is 0.199. The van der Waals surface area contributed by atoms with Gasteiger partial charge < -0.3 is 19.1 Å². The molecule has 0 aromatic carbocycles. The number of hydrogen-bond donors (Lipinski definition) is 1. The Morgan fingerprint density at radius 2 is 1.32 bits per heavy atom. The van der Waals surface area contributed by atoms with Crippen molar-refractivity contribution < 1.29 is 57.1 Å². The van der Waals surface area contributed by atoms with Gasteiger partial charge in [-0.15, -0.1) is 0 Å². The van der Waals surface area contributed by atoms with Gasteiger partial charge in [-0.05, 0) is 6.42 Å². The third kappa shape index (κ3) is 24.8. The minimum atomic E-state index is -4.41. The van der Waals surface area contributed by atoms with E-state index in [1.54, 1.807) is 0 Å². The van der Waals surface area contributed by atoms with Gasteiger partial charge in [0.2, 0.25) is 0 Å². The topological polar surface area (TPSA) is 95.9 Å². The summed E-state index contributed by atoms with van der Waals surface area (Å²) >= 11 is 0. The van der Waals surface area contributed by atoms with Crippen molar-refractivity contribution in [2.24, 2.45) is 0 Å². The zero-order valence-corrected chi connectivity index (χ0v) is 18.9. The van der Waals surface area contributed by atoms with Crippen molar-refractivity contribution >= 4 is 10.1 Å². The molecule has 0 aliphatic heterocycles. The Hall–Kier alpha value is 0.790. The van der Waals surface area contributed by atoms with Gasteiger partial charge in [0.25, 0.3) is 0 Å². The standard InChI is InChI=1S/C17H36O6S.Na/c1-2-3-4-5-6-7-8-9-10-11-12-22-13-14-23-15-17(18)16-24(19,20)21;/h17-18H,2-16H2,1H3,(H,19,20,21);/q;+1/p-1. The Bertz CT molecular complexity index is 364. The van der Waals surface area contributed by atoms with E-state index >= 15 is 0 Å². The van der Waals surface area contributed by atoms with Crippen LogP contribution in [-0.4, -0.2) is 56.4 Å². The predicted molar refractivity (Wildman–Crippen MR) is 94.1 cm³/mol. The Morgan fingerprint density at radius 3 is 1.84 bits per heavy atom. The van der Waals surface area contributed by atoms with E-state index in [-0.39, 0.29) is 42.8 Å². The average molecular weight is 391 g/mol. The largest absolute Gasteiger partial charge is 1.00 e. The summed E-state index contributed by atoms with van der Waals surface area (Å²) in [5.74, 6) is -0.813. The van der Waals surface area contributed by atoms with E-state index < -0.39 is 22.0 Å². The normalized spacial score (nSPS) is 12.8. The molecular formula is C17H35NaO6S. The van der Waals surface area contributed by atoms with Crippen molar-refractivity contribution in [2.75, 3.05) is 32.2 Å². The molecule has 0 bridgehead atoms. The molecule has 0 aliphatic rings. The summed E-state index contributed by atoms with van der Waals surface area (Å²) in [5, 5.41) is 9.24. The molecule has 0 saturated carbocycles. The minimum Gasteiger partial charge on any atom is -0.748 e. The van der Waals surface area contributed by atoms with E-state index in [9.17, 15) is 18.1 Å². The van der Waals surface area contributed by atoms with Crippen LogP contribution < -0.4 is 29.6 Å². The first-order chi connectivity index (χ1) is 11.5. The molecule has 146 valence electrons. The Labute approximate surface area is 176 Å². The Balaban J connectivity index is 0. The van der Waals surface area contributed by atoms with Crippen LogP contribution in [0.2, 0.25) is 0 Å². The van der Waals surface area contributed by atoms with Crippen LogP contribution in [0.25, 0.3) is 0 Å². The number of aliphatic hydroxyl groups is 1. The molecule has 6 nitrogen and oxygen atoms in total. The summed E-state index contributed by atoms with van der Waals surface area (Å²) < 4.78 is 41.7. The minimum absolute atomic E-state index is 0. The van der Waals surface area contributed by atoms with Crippen molar-refractivity contribution in [2.45, 2.75) is 77.2 Å². The van der Waals surface area contributed by atoms with Crippen molar-refractivity contribution in [3.8, 4) is 0 Å². The van der Waals surface area contributed by atoms with Gasteiger partial charge in [-0.3, -0.25) is 0 Å². The molecule has 25 heavy (non-hydrogen) atoms. The fourth-order valence-corrected chi connectivity index (χ4v) is 2.98. The van der Waals surface area contributed by atoms with Crippen molar-refractivity contribution in [3.63, 3.8) is 0 Å². The van der Waals surface area contributed by atoms with Crippen molar-refractivity contribution in [3.05, 3.63) is 0 Å². The van der Waals surface area contributed by atoms with Crippen LogP contribution in [0.15, 0.2) is 0 Å². The number of hydrogen-bond acceptors (Lipinski definition) is 6. The van der Waals surface area contributed by atoms with E-state index in [1.165, 1.54) is 57.8 Å². The maximum Gasteiger partial charge on any atom is 1.00 e. The molecular weight excluding hydrogens is 355 g/mol. The molecule has 8 heteroatoms. The van der Waals surface area contributed by atoms with E-state index in [0.29, 0.717) is 13.2 Å². The zero-order valence-electron chi connectivity index (χ0n) is 16.1. The first-order valence-corrected chi connectivity index (χ1v) is 10.8. The maximum absolute atomic E-state index is 10.4. The van der Waals surface area contributed by atoms with Gasteiger partial charge in [0.1, 0.15) is 0 Å². The number of aliphatic hydroxyl groups excluding tert-OH is 1. The number of rotatable bonds is 18. The third-order valence-electron chi connectivity index (χ3n) is 3.72. The van der Waals surface area contributed by atoms with Gasteiger partial charge in [0, 0.05) is 6.61 Å². The van der Waals surface area contributed by atoms with E-state index in [1.807, 2.05) is 0 Å². The van der Waals surface area contributed by atoms with Gasteiger partial charge in [-0.25, -0.2) is 8.42 Å². The zero-order chi connectivity index (χ0) is 18.1. The molecule has 0 fully saturated rings. The molecule has 0 heterocycles. The molecule has 0 radical (unpaired) electrons. The molecule has 0 spiro atoms. The summed E-state index contributed by atoms with van der Waals surface area (Å²) in [4.78, 5) is 0. The second-order valence-corrected chi connectivity index (χ2v) is 7.70. The Kier molecular flexibility index (Phi) is 21.9. The maximum atomic E-state index is 10.4. The second kappa shape index (κ2) is 19.5. The predicted octanol–water partition coefficient (Wildman–Crippen LogP) is -0.149. The summed E-state index contributed by atoms with van der Waals surface area (Å²) in [5.41, 5.74) is 0. The molecule has 1 atom stereocenters. The van der Waals surface area contributed by atoms with Crippen LogP contribution in [0, 0.1) is 0 Å². The molecule has 0 saturated heterocycles. The molecule has 0 aromatic rings. The van der Waals surface area contributed by atoms with E-state index in [0.717, 1.165) is 6.42 Å². The van der Waals surface area contributed by atoms with Gasteiger partial charge in [0.05, 0.1) is 41.8 Å². The smallest absolute Gasteiger partial charge is 0.748 e. The van der Waals surface area contributed by atoms with Gasteiger partial charge >= 0.3 is 29.6 Å². The van der Waals surface area contributed by atoms with Crippen molar-refractivity contribution in [1.82, 2.24) is 0 Å². The Morgan fingerprint density at radius 1 is 0.840 bits per heavy atom. The van der Waals surface area contributed by atoms with Crippen molar-refractivity contribution in [1.29, 1.82) is 0 Å². The second-order valence-electron chi connectivity index (χ2n) is 6.25. The summed E-state index contributed by atoms with van der Waals surface area (Å²) in [6, 6.07) is 0. The summed E-state index contributed by atoms with van der Waals surface area (Å²) in [7, 11) is -4.41. The van der Waals surface area contributed by atoms with Gasteiger partial charge in [-0.1, -0.05) is 64.7 Å². The van der Waals surface area contributed by atoms with Crippen LogP contribution in [0.1, 0.15) is 71.1 Å². The van der Waals surface area contributed by atoms with Crippen LogP contribution in [0.4, 0.5) is 0 Å². The fourth-order valence-electron chi connectivity index (χ4n) is 2.41. The summed E-state index contributed by atoms with van der Waals surface area (Å²) in [6.07, 6.45) is 11.6. The monoisotopic (exact) mass is 390 g/mol. The molecule has 0 rings (SSSR count). The molecule has 0 aromatic heterocycles. The van der Waals surface area contributed by atoms with Crippen LogP contribution in [0.5, 0.6) is 0 Å². The number of ether oxygens (including phenoxy) is 2. The summed E-state index contributed by atoms with van der Waals surface area (Å²) in [6.45, 7) is 3.46. The first kappa shape index (κ1) is 28.0. The first-order valence-electron chi connectivity index (χ1n) is 9.23. The molecule has 1 unspecified atom stereocenters. The SMILES string of the molecule is CCCCCCCCCCCCOCCOCC(O)CS(=O)(=O)[O-].[Na+]. The fraction of sp³-hybridized carbons (Fsp3) is 1.00. The van der Waals surface area contributed by atoms with E-state index in [4.69, 9.17) is 9.47 Å². The molecule has 0 aliphatic carbocycles. The molecule has 1 N–H and O–H groups in total. The van der Waals surface area contributed by atoms with Gasteiger partial charge in [0.15, 0.2) is 0 Å². The van der Waals surface area contributed by atoms with Crippen LogP contribution >= 0.6 is 0 Å². The van der Waals surface area contributed by atoms with E-state index in [2.05, 4.69) is 6.92 Å². The van der Waals surface area contributed by atoms with Crippen LogP contribution in [-0.2, 0) is 19.6 Å². The number of unbranched alkanes of at least 4 members (excludes halogenated alkanes) is 9. The molecule has 0 amide bonds. The van der Waals surface area contributed by atoms with Gasteiger partial charge in [-0.2, -0.15) is 0 Å². The average Bonchev–Trinajstić information content (AvgIpc) is 2.49. The third-order valence-corrected chi connectivity index (χ3v) is 4.51. The van der Waals surface area contributed by atoms with Crippen LogP contribution in [0.3, 0.4) is 0 Å².